The molecule has 0 aliphatic carbocycles. The van der Waals surface area contributed by atoms with Gasteiger partial charge >= 0.3 is 5.97 Å². The first-order chi connectivity index (χ1) is 23.2. The predicted molar refractivity (Wildman–Crippen MR) is 178 cm³/mol. The summed E-state index contributed by atoms with van der Waals surface area (Å²) in [7, 11) is 0. The fourth-order valence-corrected chi connectivity index (χ4v) is 6.29. The predicted octanol–water partition coefficient (Wildman–Crippen LogP) is 4.20. The summed E-state index contributed by atoms with van der Waals surface area (Å²) in [4.78, 5) is 36.2. The number of aliphatic hydroxyl groups excluding tert-OH is 1. The maximum absolute atomic E-state index is 13.2. The van der Waals surface area contributed by atoms with Gasteiger partial charge in [0, 0.05) is 37.2 Å². The SMILES string of the molecule is CC(=O)OC(C)C=CC(=O)NC1CC(C)C(CC=C(C)C=CC2OC(CC(=O)NCc3ccc(N)c(C(F)F)c3)CC3(CO3)C2O)OC1C. The highest BCUT2D eigenvalue weighted by molar-refractivity contribution is 5.87. The van der Waals surface area contributed by atoms with Crippen molar-refractivity contribution >= 4 is 23.5 Å². The average Bonchev–Trinajstić information content (AvgIpc) is 3.80. The minimum atomic E-state index is -2.71. The van der Waals surface area contributed by atoms with Crippen LogP contribution < -0.4 is 16.4 Å². The zero-order valence-corrected chi connectivity index (χ0v) is 28.7. The topological polar surface area (TPSA) is 162 Å². The van der Waals surface area contributed by atoms with Crippen molar-refractivity contribution in [2.24, 2.45) is 5.92 Å². The molecule has 11 nitrogen and oxygen atoms in total. The van der Waals surface area contributed by atoms with Crippen molar-refractivity contribution in [1.29, 1.82) is 0 Å². The Bertz CT molecular complexity index is 1430. The summed E-state index contributed by atoms with van der Waals surface area (Å²) in [5.41, 5.74) is 6.04. The molecule has 3 fully saturated rings. The van der Waals surface area contributed by atoms with Crippen molar-refractivity contribution in [2.75, 3.05) is 12.3 Å². The lowest BCUT2D eigenvalue weighted by Gasteiger charge is -2.39. The van der Waals surface area contributed by atoms with Gasteiger partial charge in [0.05, 0.1) is 37.4 Å². The quantitative estimate of drug-likeness (QED) is 0.0782. The number of nitrogen functional groups attached to an aromatic ring is 1. The van der Waals surface area contributed by atoms with E-state index in [2.05, 4.69) is 23.6 Å². The van der Waals surface area contributed by atoms with Crippen LogP contribution in [0.3, 0.4) is 0 Å². The lowest BCUT2D eigenvalue weighted by Crippen LogP contribution is -2.50. The summed E-state index contributed by atoms with van der Waals surface area (Å²) >= 11 is 0. The molecule has 9 unspecified atom stereocenters. The fourth-order valence-electron chi connectivity index (χ4n) is 6.29. The summed E-state index contributed by atoms with van der Waals surface area (Å²) in [6.45, 7) is 9.39. The molecule has 4 rings (SSSR count). The monoisotopic (exact) mass is 689 g/mol. The van der Waals surface area contributed by atoms with Crippen molar-refractivity contribution in [3.05, 3.63) is 65.3 Å². The first-order valence-electron chi connectivity index (χ1n) is 16.7. The minimum Gasteiger partial charge on any atom is -0.459 e. The molecule has 3 saturated heterocycles. The number of carbonyl (C=O) groups excluding carboxylic acids is 3. The Hall–Kier alpha value is -3.65. The van der Waals surface area contributed by atoms with E-state index in [1.54, 1.807) is 19.1 Å². The summed E-state index contributed by atoms with van der Waals surface area (Å²) in [5.74, 6) is -0.826. The molecule has 3 aliphatic rings. The van der Waals surface area contributed by atoms with Crippen LogP contribution >= 0.6 is 0 Å². The number of amides is 2. The Morgan fingerprint density at radius 3 is 2.59 bits per heavy atom. The Morgan fingerprint density at radius 2 is 1.92 bits per heavy atom. The zero-order chi connectivity index (χ0) is 35.9. The number of alkyl halides is 2. The molecule has 270 valence electrons. The molecule has 49 heavy (non-hydrogen) atoms. The fraction of sp³-hybridized carbons (Fsp3) is 0.583. The number of hydrogen-bond donors (Lipinski definition) is 4. The molecule has 1 aromatic carbocycles. The van der Waals surface area contributed by atoms with Gasteiger partial charge in [-0.05, 0) is 63.3 Å². The second kappa shape index (κ2) is 16.8. The van der Waals surface area contributed by atoms with Gasteiger partial charge in [0.2, 0.25) is 11.8 Å². The van der Waals surface area contributed by atoms with E-state index in [4.69, 9.17) is 24.7 Å². The summed E-state index contributed by atoms with van der Waals surface area (Å²) in [6, 6.07) is 4.11. The van der Waals surface area contributed by atoms with Crippen molar-refractivity contribution < 1.29 is 47.2 Å². The number of halogens is 2. The Kier molecular flexibility index (Phi) is 13.1. The maximum atomic E-state index is 13.2. The van der Waals surface area contributed by atoms with E-state index in [1.807, 2.05) is 19.9 Å². The average molecular weight is 690 g/mol. The van der Waals surface area contributed by atoms with Crippen LogP contribution in [0.1, 0.15) is 77.9 Å². The number of carbonyl (C=O) groups is 3. The Morgan fingerprint density at radius 1 is 1.18 bits per heavy atom. The standard InChI is InChI=1S/C36H49F2N3O8/c1-20(6-11-30-21(2)14-29(23(4)48-30)41-32(43)13-8-22(3)47-24(5)42)7-12-31-34(45)36(19-46-36)17-26(49-31)16-33(44)40-18-25-9-10-28(39)27(15-25)35(37)38/h6-10,12-13,15,21-23,26,29-31,34-35,45H,11,14,16-19,39H2,1-5H3,(H,40,44)(H,41,43). The second-order valence-electron chi connectivity index (χ2n) is 13.4. The highest BCUT2D eigenvalue weighted by atomic mass is 19.3. The number of benzene rings is 1. The maximum Gasteiger partial charge on any atom is 0.303 e. The third-order valence-corrected chi connectivity index (χ3v) is 9.21. The molecule has 5 N–H and O–H groups in total. The number of hydrogen-bond acceptors (Lipinski definition) is 9. The number of anilines is 1. The van der Waals surface area contributed by atoms with Crippen LogP contribution in [0.5, 0.6) is 0 Å². The van der Waals surface area contributed by atoms with Crippen LogP contribution in [0.4, 0.5) is 14.5 Å². The van der Waals surface area contributed by atoms with Gasteiger partial charge < -0.3 is 40.4 Å². The highest BCUT2D eigenvalue weighted by Gasteiger charge is 2.58. The number of nitrogens with one attached hydrogen (secondary N) is 2. The molecule has 0 bridgehead atoms. The first kappa shape index (κ1) is 38.2. The van der Waals surface area contributed by atoms with Gasteiger partial charge in [-0.1, -0.05) is 36.8 Å². The van der Waals surface area contributed by atoms with Gasteiger partial charge in [-0.15, -0.1) is 0 Å². The zero-order valence-electron chi connectivity index (χ0n) is 28.7. The summed E-state index contributed by atoms with van der Waals surface area (Å²) < 4.78 is 49.4. The third kappa shape index (κ3) is 10.9. The van der Waals surface area contributed by atoms with Crippen LogP contribution in [-0.4, -0.2) is 77.8 Å². The molecule has 0 saturated carbocycles. The number of ether oxygens (including phenoxy) is 4. The summed E-state index contributed by atoms with van der Waals surface area (Å²) in [5, 5.41) is 16.7. The highest BCUT2D eigenvalue weighted by Crippen LogP contribution is 2.43. The van der Waals surface area contributed by atoms with Crippen LogP contribution in [0.2, 0.25) is 0 Å². The van der Waals surface area contributed by atoms with Crippen LogP contribution in [-0.2, 0) is 39.9 Å². The number of allylic oxidation sites excluding steroid dienone is 2. The molecule has 3 aliphatic heterocycles. The molecule has 1 aromatic rings. The molecular weight excluding hydrogens is 640 g/mol. The molecule has 0 aromatic heterocycles. The van der Waals surface area contributed by atoms with Gasteiger partial charge in [-0.3, -0.25) is 14.4 Å². The van der Waals surface area contributed by atoms with E-state index in [0.29, 0.717) is 25.0 Å². The van der Waals surface area contributed by atoms with E-state index < -0.39 is 42.4 Å². The van der Waals surface area contributed by atoms with Crippen LogP contribution in [0, 0.1) is 5.92 Å². The molecular formula is C36H49F2N3O8. The number of aliphatic hydroxyl groups is 1. The van der Waals surface area contributed by atoms with Gasteiger partial charge in [-0.25, -0.2) is 8.78 Å². The van der Waals surface area contributed by atoms with E-state index in [1.165, 1.54) is 31.2 Å². The molecule has 0 radical (unpaired) electrons. The van der Waals surface area contributed by atoms with Crippen molar-refractivity contribution in [1.82, 2.24) is 10.6 Å². The Balaban J connectivity index is 1.26. The molecule has 1 spiro atoms. The van der Waals surface area contributed by atoms with Gasteiger partial charge in [-0.2, -0.15) is 0 Å². The van der Waals surface area contributed by atoms with E-state index in [0.717, 1.165) is 12.0 Å². The second-order valence-corrected chi connectivity index (χ2v) is 13.4. The Labute approximate surface area is 286 Å². The van der Waals surface area contributed by atoms with Gasteiger partial charge in [0.25, 0.3) is 6.43 Å². The van der Waals surface area contributed by atoms with Gasteiger partial charge in [0.1, 0.15) is 23.9 Å². The molecule has 3 heterocycles. The van der Waals surface area contributed by atoms with Crippen molar-refractivity contribution in [3.8, 4) is 0 Å². The number of rotatable bonds is 13. The number of epoxide rings is 1. The van der Waals surface area contributed by atoms with Crippen molar-refractivity contribution in [2.45, 2.75) is 122 Å². The van der Waals surface area contributed by atoms with Gasteiger partial charge in [0.15, 0.2) is 0 Å². The lowest BCUT2D eigenvalue weighted by molar-refractivity contribution is -0.145. The van der Waals surface area contributed by atoms with Crippen LogP contribution in [0.25, 0.3) is 0 Å². The molecule has 13 heteroatoms. The smallest absolute Gasteiger partial charge is 0.303 e. The number of esters is 1. The lowest BCUT2D eigenvalue weighted by atomic mass is 9.87. The van der Waals surface area contributed by atoms with Crippen molar-refractivity contribution in [3.63, 3.8) is 0 Å². The molecule has 9 atom stereocenters. The van der Waals surface area contributed by atoms with E-state index in [9.17, 15) is 28.3 Å². The normalized spacial score (nSPS) is 30.9. The largest absolute Gasteiger partial charge is 0.459 e. The molecule has 2 amide bonds. The minimum absolute atomic E-state index is 0.000139. The summed E-state index contributed by atoms with van der Waals surface area (Å²) in [6.07, 6.45) is 4.82. The number of nitrogens with two attached hydrogens (primary N) is 1. The van der Waals surface area contributed by atoms with E-state index in [-0.39, 0.29) is 60.2 Å². The van der Waals surface area contributed by atoms with Crippen LogP contribution in [0.15, 0.2) is 54.2 Å². The first-order valence-corrected chi connectivity index (χ1v) is 16.7. The van der Waals surface area contributed by atoms with E-state index >= 15 is 0 Å². The third-order valence-electron chi connectivity index (χ3n) is 9.21.